The van der Waals surface area contributed by atoms with Crippen LogP contribution < -0.4 is 5.32 Å². The van der Waals surface area contributed by atoms with Gasteiger partial charge in [-0.3, -0.25) is 9.59 Å². The molecule has 1 fully saturated rings. The lowest BCUT2D eigenvalue weighted by Gasteiger charge is -2.26. The second-order valence-corrected chi connectivity index (χ2v) is 5.87. The Morgan fingerprint density at radius 1 is 1.38 bits per heavy atom. The molecule has 0 saturated carbocycles. The standard InChI is InChI=1S/C16H21FN2O2/c1-10(2)15-16(21)19(7-6-14(20)18-15)9-12-4-5-13(17)8-11(12)3/h4-5,8,10,15H,6-7,9H2,1-3H3,(H,18,20). The van der Waals surface area contributed by atoms with Gasteiger partial charge in [-0.2, -0.15) is 0 Å². The predicted octanol–water partition coefficient (Wildman–Crippen LogP) is 2.01. The average molecular weight is 292 g/mol. The third kappa shape index (κ3) is 3.60. The number of amides is 2. The molecule has 21 heavy (non-hydrogen) atoms. The minimum absolute atomic E-state index is 0.0383. The number of hydrogen-bond donors (Lipinski definition) is 1. The van der Waals surface area contributed by atoms with Crippen LogP contribution in [-0.4, -0.2) is 29.3 Å². The maximum atomic E-state index is 13.2. The first-order valence-electron chi connectivity index (χ1n) is 7.21. The summed E-state index contributed by atoms with van der Waals surface area (Å²) in [7, 11) is 0. The van der Waals surface area contributed by atoms with Crippen LogP contribution in [0.15, 0.2) is 18.2 Å². The van der Waals surface area contributed by atoms with Gasteiger partial charge in [-0.05, 0) is 36.1 Å². The molecule has 1 saturated heterocycles. The highest BCUT2D eigenvalue weighted by molar-refractivity contribution is 5.90. The summed E-state index contributed by atoms with van der Waals surface area (Å²) in [4.78, 5) is 25.9. The Balaban J connectivity index is 2.21. The van der Waals surface area contributed by atoms with Gasteiger partial charge in [-0.15, -0.1) is 0 Å². The van der Waals surface area contributed by atoms with Crippen molar-refractivity contribution in [2.75, 3.05) is 6.54 Å². The Morgan fingerprint density at radius 2 is 2.10 bits per heavy atom. The van der Waals surface area contributed by atoms with Crippen LogP contribution in [-0.2, 0) is 16.1 Å². The van der Waals surface area contributed by atoms with E-state index in [1.165, 1.54) is 12.1 Å². The van der Waals surface area contributed by atoms with E-state index < -0.39 is 6.04 Å². The van der Waals surface area contributed by atoms with Gasteiger partial charge in [0.15, 0.2) is 0 Å². The molecule has 1 aliphatic heterocycles. The van der Waals surface area contributed by atoms with Crippen LogP contribution in [0, 0.1) is 18.7 Å². The van der Waals surface area contributed by atoms with Gasteiger partial charge < -0.3 is 10.2 Å². The van der Waals surface area contributed by atoms with Crippen molar-refractivity contribution in [3.8, 4) is 0 Å². The summed E-state index contributed by atoms with van der Waals surface area (Å²) >= 11 is 0. The molecule has 0 aliphatic carbocycles. The maximum absolute atomic E-state index is 13.2. The molecular weight excluding hydrogens is 271 g/mol. The highest BCUT2D eigenvalue weighted by Crippen LogP contribution is 2.17. The minimum atomic E-state index is -0.485. The van der Waals surface area contributed by atoms with E-state index in [0.29, 0.717) is 19.5 Å². The molecule has 0 aromatic heterocycles. The van der Waals surface area contributed by atoms with Crippen LogP contribution in [0.3, 0.4) is 0 Å². The first-order chi connectivity index (χ1) is 9.88. The Labute approximate surface area is 124 Å². The zero-order valence-corrected chi connectivity index (χ0v) is 12.6. The molecule has 0 spiro atoms. The van der Waals surface area contributed by atoms with Gasteiger partial charge in [0.25, 0.3) is 0 Å². The van der Waals surface area contributed by atoms with Crippen LogP contribution in [0.2, 0.25) is 0 Å². The van der Waals surface area contributed by atoms with Gasteiger partial charge in [0.2, 0.25) is 11.8 Å². The third-order valence-electron chi connectivity index (χ3n) is 3.84. The van der Waals surface area contributed by atoms with Gasteiger partial charge in [0.1, 0.15) is 11.9 Å². The summed E-state index contributed by atoms with van der Waals surface area (Å²) in [6, 6.07) is 4.07. The fraction of sp³-hybridized carbons (Fsp3) is 0.500. The predicted molar refractivity (Wildman–Crippen MR) is 77.9 cm³/mol. The van der Waals surface area contributed by atoms with Crippen LogP contribution in [0.4, 0.5) is 4.39 Å². The number of halogens is 1. The quantitative estimate of drug-likeness (QED) is 0.926. The summed E-state index contributed by atoms with van der Waals surface area (Å²) in [6.45, 7) is 6.45. The third-order valence-corrected chi connectivity index (χ3v) is 3.84. The monoisotopic (exact) mass is 292 g/mol. The molecule has 1 heterocycles. The number of rotatable bonds is 3. The number of hydrogen-bond acceptors (Lipinski definition) is 2. The van der Waals surface area contributed by atoms with Crippen molar-refractivity contribution in [3.05, 3.63) is 35.1 Å². The molecule has 0 bridgehead atoms. The van der Waals surface area contributed by atoms with E-state index >= 15 is 0 Å². The number of carbonyl (C=O) groups is 2. The van der Waals surface area contributed by atoms with Gasteiger partial charge in [-0.1, -0.05) is 19.9 Å². The Bertz CT molecular complexity index is 557. The molecule has 1 aliphatic rings. The number of aryl methyl sites for hydroxylation is 1. The van der Waals surface area contributed by atoms with Crippen molar-refractivity contribution in [1.29, 1.82) is 0 Å². The fourth-order valence-electron chi connectivity index (χ4n) is 2.50. The van der Waals surface area contributed by atoms with Gasteiger partial charge in [-0.25, -0.2) is 4.39 Å². The van der Waals surface area contributed by atoms with Crippen LogP contribution in [0.25, 0.3) is 0 Å². The summed E-state index contributed by atoms with van der Waals surface area (Å²) in [5.41, 5.74) is 1.72. The molecule has 2 amide bonds. The van der Waals surface area contributed by atoms with E-state index in [0.717, 1.165) is 11.1 Å². The minimum Gasteiger partial charge on any atom is -0.344 e. The van der Waals surface area contributed by atoms with E-state index in [4.69, 9.17) is 0 Å². The molecule has 114 valence electrons. The van der Waals surface area contributed by atoms with E-state index in [9.17, 15) is 14.0 Å². The first-order valence-corrected chi connectivity index (χ1v) is 7.21. The summed E-state index contributed by atoms with van der Waals surface area (Å²) < 4.78 is 13.2. The molecule has 1 N–H and O–H groups in total. The van der Waals surface area contributed by atoms with Crippen LogP contribution in [0.1, 0.15) is 31.4 Å². The Hall–Kier alpha value is -1.91. The van der Waals surface area contributed by atoms with Gasteiger partial charge in [0.05, 0.1) is 0 Å². The highest BCUT2D eigenvalue weighted by Gasteiger charge is 2.31. The number of carbonyl (C=O) groups excluding carboxylic acids is 2. The summed E-state index contributed by atoms with van der Waals surface area (Å²) in [5, 5.41) is 2.78. The highest BCUT2D eigenvalue weighted by atomic mass is 19.1. The van der Waals surface area contributed by atoms with Gasteiger partial charge >= 0.3 is 0 Å². The van der Waals surface area contributed by atoms with Crippen molar-refractivity contribution in [1.82, 2.24) is 10.2 Å². The molecule has 4 nitrogen and oxygen atoms in total. The lowest BCUT2D eigenvalue weighted by Crippen LogP contribution is -2.47. The average Bonchev–Trinajstić information content (AvgIpc) is 2.54. The molecule has 1 atom stereocenters. The van der Waals surface area contributed by atoms with E-state index in [1.54, 1.807) is 11.0 Å². The number of nitrogens with zero attached hydrogens (tertiary/aromatic N) is 1. The lowest BCUT2D eigenvalue weighted by atomic mass is 10.0. The second kappa shape index (κ2) is 6.24. The van der Waals surface area contributed by atoms with Crippen LogP contribution in [0.5, 0.6) is 0 Å². The van der Waals surface area contributed by atoms with E-state index in [2.05, 4.69) is 5.32 Å². The van der Waals surface area contributed by atoms with Gasteiger partial charge in [0, 0.05) is 19.5 Å². The molecule has 1 aromatic carbocycles. The largest absolute Gasteiger partial charge is 0.344 e. The zero-order chi connectivity index (χ0) is 15.6. The molecule has 5 heteroatoms. The number of nitrogens with one attached hydrogen (secondary N) is 1. The molecule has 1 aromatic rings. The lowest BCUT2D eigenvalue weighted by molar-refractivity contribution is -0.135. The topological polar surface area (TPSA) is 49.4 Å². The van der Waals surface area contributed by atoms with E-state index in [-0.39, 0.29) is 23.5 Å². The van der Waals surface area contributed by atoms with Crippen molar-refractivity contribution < 1.29 is 14.0 Å². The second-order valence-electron chi connectivity index (χ2n) is 5.87. The van der Waals surface area contributed by atoms with Crippen LogP contribution >= 0.6 is 0 Å². The first kappa shape index (κ1) is 15.5. The molecule has 0 radical (unpaired) electrons. The maximum Gasteiger partial charge on any atom is 0.245 e. The number of benzene rings is 1. The molecule has 1 unspecified atom stereocenters. The zero-order valence-electron chi connectivity index (χ0n) is 12.6. The normalized spacial score (nSPS) is 19.7. The SMILES string of the molecule is Cc1cc(F)ccc1CN1CCC(=O)NC(C(C)C)C1=O. The van der Waals surface area contributed by atoms with E-state index in [1.807, 2.05) is 20.8 Å². The van der Waals surface area contributed by atoms with Crippen molar-refractivity contribution in [2.24, 2.45) is 5.92 Å². The fourth-order valence-corrected chi connectivity index (χ4v) is 2.50. The smallest absolute Gasteiger partial charge is 0.245 e. The Morgan fingerprint density at radius 3 is 2.71 bits per heavy atom. The van der Waals surface area contributed by atoms with Crippen molar-refractivity contribution >= 4 is 11.8 Å². The summed E-state index contributed by atoms with van der Waals surface area (Å²) in [5.74, 6) is -0.410. The van der Waals surface area contributed by atoms with Crippen molar-refractivity contribution in [3.63, 3.8) is 0 Å². The summed E-state index contributed by atoms with van der Waals surface area (Å²) in [6.07, 6.45) is 0.301. The molecular formula is C16H21FN2O2. The molecule has 2 rings (SSSR count). The van der Waals surface area contributed by atoms with Crippen molar-refractivity contribution in [2.45, 2.75) is 39.8 Å². The Kier molecular flexibility index (Phi) is 4.60.